The van der Waals surface area contributed by atoms with E-state index in [1.807, 2.05) is 36.5 Å². The molecular formula is C20H20N4O5. The first-order chi connectivity index (χ1) is 14.1. The summed E-state index contributed by atoms with van der Waals surface area (Å²) in [5, 5.41) is 18.2. The van der Waals surface area contributed by atoms with Gasteiger partial charge in [0.15, 0.2) is 0 Å². The number of nitro benzene ring substituents is 1. The van der Waals surface area contributed by atoms with Crippen LogP contribution in [0.4, 0.5) is 11.4 Å². The molecule has 1 heterocycles. The third kappa shape index (κ3) is 5.17. The van der Waals surface area contributed by atoms with Crippen molar-refractivity contribution in [2.75, 3.05) is 25.6 Å². The summed E-state index contributed by atoms with van der Waals surface area (Å²) in [7, 11) is 1.56. The number of non-ortho nitro benzene ring substituents is 1. The molecule has 2 aromatic carbocycles. The summed E-state index contributed by atoms with van der Waals surface area (Å²) in [6, 6.07) is 13.2. The van der Waals surface area contributed by atoms with Crippen LogP contribution in [0.3, 0.4) is 0 Å². The van der Waals surface area contributed by atoms with Crippen LogP contribution in [0.1, 0.15) is 15.9 Å². The minimum Gasteiger partial charge on any atom is -0.457 e. The van der Waals surface area contributed by atoms with Gasteiger partial charge in [-0.3, -0.25) is 10.1 Å². The van der Waals surface area contributed by atoms with E-state index in [-0.39, 0.29) is 17.9 Å². The Balaban J connectivity index is 1.70. The molecule has 0 spiro atoms. The van der Waals surface area contributed by atoms with Crippen LogP contribution in [-0.2, 0) is 16.1 Å². The molecule has 1 aromatic heterocycles. The van der Waals surface area contributed by atoms with Crippen molar-refractivity contribution in [1.82, 2.24) is 9.78 Å². The van der Waals surface area contributed by atoms with E-state index in [9.17, 15) is 14.9 Å². The number of esters is 1. The largest absolute Gasteiger partial charge is 0.457 e. The molecule has 9 heteroatoms. The predicted octanol–water partition coefficient (Wildman–Crippen LogP) is 3.20. The Morgan fingerprint density at radius 1 is 1.24 bits per heavy atom. The highest BCUT2D eigenvalue weighted by molar-refractivity contribution is 5.96. The Bertz CT molecular complexity index is 971. The van der Waals surface area contributed by atoms with E-state index in [1.54, 1.807) is 18.0 Å². The number of benzene rings is 2. The number of nitrogens with zero attached hydrogens (tertiary/aromatic N) is 3. The van der Waals surface area contributed by atoms with Crippen LogP contribution < -0.4 is 5.32 Å². The van der Waals surface area contributed by atoms with Crippen LogP contribution >= 0.6 is 0 Å². The van der Waals surface area contributed by atoms with Crippen LogP contribution in [-0.4, -0.2) is 40.9 Å². The summed E-state index contributed by atoms with van der Waals surface area (Å²) in [5.74, 6) is -0.648. The maximum absolute atomic E-state index is 12.6. The van der Waals surface area contributed by atoms with Crippen molar-refractivity contribution in [1.29, 1.82) is 0 Å². The molecule has 0 aliphatic carbocycles. The highest BCUT2D eigenvalue weighted by Crippen LogP contribution is 2.23. The quantitative estimate of drug-likeness (QED) is 0.256. The van der Waals surface area contributed by atoms with Gasteiger partial charge in [0, 0.05) is 43.9 Å². The fourth-order valence-corrected chi connectivity index (χ4v) is 2.65. The molecule has 0 bridgehead atoms. The molecule has 9 nitrogen and oxygen atoms in total. The number of hydrogen-bond donors (Lipinski definition) is 1. The smallest absolute Gasteiger partial charge is 0.340 e. The number of rotatable bonds is 9. The number of anilines is 1. The molecular weight excluding hydrogens is 376 g/mol. The molecule has 0 amide bonds. The van der Waals surface area contributed by atoms with E-state index in [4.69, 9.17) is 9.47 Å². The highest BCUT2D eigenvalue weighted by Gasteiger charge is 2.18. The monoisotopic (exact) mass is 396 g/mol. The molecule has 150 valence electrons. The third-order valence-corrected chi connectivity index (χ3v) is 4.13. The van der Waals surface area contributed by atoms with Gasteiger partial charge in [0.05, 0.1) is 22.8 Å². The lowest BCUT2D eigenvalue weighted by molar-refractivity contribution is -0.384. The zero-order chi connectivity index (χ0) is 20.6. The van der Waals surface area contributed by atoms with Crippen molar-refractivity contribution < 1.29 is 19.2 Å². The second-order valence-electron chi connectivity index (χ2n) is 6.10. The van der Waals surface area contributed by atoms with Crippen molar-refractivity contribution in [3.05, 3.63) is 82.2 Å². The van der Waals surface area contributed by atoms with Gasteiger partial charge in [-0.1, -0.05) is 12.1 Å². The number of nitrogens with one attached hydrogen (secondary N) is 1. The van der Waals surface area contributed by atoms with Crippen molar-refractivity contribution >= 4 is 17.3 Å². The fourth-order valence-electron chi connectivity index (χ4n) is 2.65. The van der Waals surface area contributed by atoms with E-state index < -0.39 is 10.9 Å². The Kier molecular flexibility index (Phi) is 6.54. The van der Waals surface area contributed by atoms with Gasteiger partial charge in [-0.2, -0.15) is 5.10 Å². The molecule has 3 rings (SSSR count). The minimum absolute atomic E-state index is 0.0401. The normalized spacial score (nSPS) is 10.5. The maximum atomic E-state index is 12.6. The Morgan fingerprint density at radius 2 is 2.03 bits per heavy atom. The summed E-state index contributed by atoms with van der Waals surface area (Å²) < 4.78 is 12.1. The van der Waals surface area contributed by atoms with Crippen LogP contribution in [0.2, 0.25) is 0 Å². The highest BCUT2D eigenvalue weighted by atomic mass is 16.6. The lowest BCUT2D eigenvalue weighted by Gasteiger charge is -2.12. The molecule has 29 heavy (non-hydrogen) atoms. The van der Waals surface area contributed by atoms with E-state index in [2.05, 4.69) is 10.4 Å². The lowest BCUT2D eigenvalue weighted by Crippen LogP contribution is -2.13. The van der Waals surface area contributed by atoms with E-state index in [1.165, 1.54) is 18.2 Å². The van der Waals surface area contributed by atoms with Gasteiger partial charge < -0.3 is 14.8 Å². The van der Waals surface area contributed by atoms with Gasteiger partial charge in [-0.15, -0.1) is 0 Å². The zero-order valence-electron chi connectivity index (χ0n) is 15.8. The zero-order valence-corrected chi connectivity index (χ0v) is 15.8. The van der Waals surface area contributed by atoms with Gasteiger partial charge in [0.2, 0.25) is 0 Å². The number of carbonyl (C=O) groups is 1. The van der Waals surface area contributed by atoms with Crippen molar-refractivity contribution in [3.8, 4) is 5.69 Å². The number of carbonyl (C=O) groups excluding carboxylic acids is 1. The molecule has 3 aromatic rings. The molecule has 1 N–H and O–H groups in total. The number of ether oxygens (including phenoxy) is 2. The van der Waals surface area contributed by atoms with Gasteiger partial charge >= 0.3 is 5.97 Å². The summed E-state index contributed by atoms with van der Waals surface area (Å²) in [5.41, 5.74) is 2.04. The van der Waals surface area contributed by atoms with Crippen molar-refractivity contribution in [3.63, 3.8) is 0 Å². The molecule has 0 saturated carbocycles. The van der Waals surface area contributed by atoms with E-state index in [0.29, 0.717) is 18.8 Å². The first-order valence-electron chi connectivity index (χ1n) is 8.86. The summed E-state index contributed by atoms with van der Waals surface area (Å²) in [6.07, 6.45) is 3.52. The summed E-state index contributed by atoms with van der Waals surface area (Å²) in [6.45, 7) is 0.913. The predicted molar refractivity (Wildman–Crippen MR) is 106 cm³/mol. The Labute approximate surface area is 167 Å². The average Bonchev–Trinajstić information content (AvgIpc) is 3.27. The van der Waals surface area contributed by atoms with Crippen molar-refractivity contribution in [2.45, 2.75) is 6.61 Å². The van der Waals surface area contributed by atoms with Crippen LogP contribution in [0.5, 0.6) is 0 Å². The molecule has 0 fully saturated rings. The molecule has 0 atom stereocenters. The van der Waals surface area contributed by atoms with Crippen LogP contribution in [0.15, 0.2) is 60.9 Å². The lowest BCUT2D eigenvalue weighted by atomic mass is 10.1. The summed E-state index contributed by atoms with van der Waals surface area (Å²) in [4.78, 5) is 23.1. The molecule has 0 saturated heterocycles. The van der Waals surface area contributed by atoms with Gasteiger partial charge in [0.1, 0.15) is 6.61 Å². The second kappa shape index (κ2) is 9.47. The first-order valence-corrected chi connectivity index (χ1v) is 8.86. The third-order valence-electron chi connectivity index (χ3n) is 4.13. The second-order valence-corrected chi connectivity index (χ2v) is 6.10. The average molecular weight is 396 g/mol. The SMILES string of the molecule is COCCNc1ccc([N+](=O)[O-])cc1C(=O)OCc1ccc(-n2cccn2)cc1. The Hall–Kier alpha value is -3.72. The van der Waals surface area contributed by atoms with Gasteiger partial charge in [-0.25, -0.2) is 9.48 Å². The van der Waals surface area contributed by atoms with E-state index >= 15 is 0 Å². The minimum atomic E-state index is -0.648. The number of methoxy groups -OCH3 is 1. The van der Waals surface area contributed by atoms with Gasteiger partial charge in [-0.05, 0) is 29.8 Å². The number of hydrogen-bond acceptors (Lipinski definition) is 7. The standard InChI is InChI=1S/C20H20N4O5/c1-28-12-10-21-19-8-7-17(24(26)27)13-18(19)20(25)29-14-15-3-5-16(6-4-15)23-11-2-9-22-23/h2-9,11,13,21H,10,12,14H2,1H3. The Morgan fingerprint density at radius 3 is 2.69 bits per heavy atom. The summed E-state index contributed by atoms with van der Waals surface area (Å²) >= 11 is 0. The number of aromatic nitrogens is 2. The van der Waals surface area contributed by atoms with E-state index in [0.717, 1.165) is 11.3 Å². The molecule has 0 unspecified atom stereocenters. The van der Waals surface area contributed by atoms with Crippen LogP contribution in [0.25, 0.3) is 5.69 Å². The molecule has 0 radical (unpaired) electrons. The maximum Gasteiger partial charge on any atom is 0.340 e. The molecule has 0 aliphatic rings. The number of nitro groups is 1. The van der Waals surface area contributed by atoms with Crippen LogP contribution in [0, 0.1) is 10.1 Å². The van der Waals surface area contributed by atoms with Gasteiger partial charge in [0.25, 0.3) is 5.69 Å². The fraction of sp³-hybridized carbons (Fsp3) is 0.200. The van der Waals surface area contributed by atoms with Crippen molar-refractivity contribution in [2.24, 2.45) is 0 Å². The first kappa shape index (κ1) is 20.0. The molecule has 0 aliphatic heterocycles. The topological polar surface area (TPSA) is 109 Å².